The molecular formula is C49H20BF20NO3. The first kappa shape index (κ1) is 53.6. The third kappa shape index (κ3) is 8.71. The van der Waals surface area contributed by atoms with E-state index in [0.717, 1.165) is 16.3 Å². The second kappa shape index (κ2) is 20.3. The van der Waals surface area contributed by atoms with Crippen LogP contribution in [-0.2, 0) is 6.54 Å². The fourth-order valence-corrected chi connectivity index (χ4v) is 8.12. The maximum Gasteiger partial charge on any atom is 0.409 e. The van der Waals surface area contributed by atoms with Crippen molar-refractivity contribution in [3.8, 4) is 5.75 Å². The van der Waals surface area contributed by atoms with Gasteiger partial charge in [0, 0.05) is 11.6 Å². The Hall–Kier alpha value is -8.25. The van der Waals surface area contributed by atoms with Crippen LogP contribution in [0.5, 0.6) is 5.75 Å². The number of ether oxygens (including phenoxy) is 1. The fraction of sp³-hybridized carbons (Fsp3) is 0.0408. The first-order chi connectivity index (χ1) is 34.8. The van der Waals surface area contributed by atoms with Crippen LogP contribution in [0.4, 0.5) is 87.8 Å². The average Bonchev–Trinajstić information content (AvgIpc) is 3.39. The summed E-state index contributed by atoms with van der Waals surface area (Å²) in [4.78, 5) is 25.8. The zero-order valence-electron chi connectivity index (χ0n) is 36.2. The predicted octanol–water partition coefficient (Wildman–Crippen LogP) is 10.4. The number of halogens is 20. The van der Waals surface area contributed by atoms with Crippen LogP contribution < -0.4 is 31.2 Å². The van der Waals surface area contributed by atoms with Crippen molar-refractivity contribution in [2.24, 2.45) is 0 Å². The highest BCUT2D eigenvalue weighted by molar-refractivity contribution is 7.20. The maximum absolute atomic E-state index is 15.4. The van der Waals surface area contributed by atoms with E-state index in [1.807, 2.05) is 67.6 Å². The molecule has 1 heterocycles. The van der Waals surface area contributed by atoms with Crippen molar-refractivity contribution < 1.29 is 107 Å². The van der Waals surface area contributed by atoms with Gasteiger partial charge in [0.2, 0.25) is 12.3 Å². The topological polar surface area (TPSA) is 47.2 Å². The highest BCUT2D eigenvalue weighted by Gasteiger charge is 2.52. The van der Waals surface area contributed by atoms with Crippen LogP contribution in [0.3, 0.4) is 0 Å². The molecule has 0 fully saturated rings. The summed E-state index contributed by atoms with van der Waals surface area (Å²) in [5.41, 5.74) is -12.3. The lowest BCUT2D eigenvalue weighted by molar-refractivity contribution is -0.684. The van der Waals surface area contributed by atoms with E-state index in [4.69, 9.17) is 4.74 Å². The van der Waals surface area contributed by atoms with Crippen LogP contribution in [0.1, 0.15) is 26.4 Å². The van der Waals surface area contributed by atoms with Crippen molar-refractivity contribution in [1.29, 1.82) is 0 Å². The standard InChI is InChI=1S/C25H20NO3.C24BF20/c1-18-11-13-21(14-12-18)29-25(28)24-22-10-6-5-7-19(22)15-16-26(24)17-23(27)20-8-3-2-4-9-20;26-5-1(6(27)14(35)21(42)13(5)34)25(2-7(28)15(36)22(43)16(37)8(2)29,3-9(30)17(38)23(44)18(39)10(3)31)4-11(32)19(40)24(45)20(41)12(4)33/h2-16H,17H2,1H3;/q+1;-1. The van der Waals surface area contributed by atoms with Crippen LogP contribution in [0.15, 0.2) is 91.1 Å². The largest absolute Gasteiger partial charge is 0.419 e. The molecule has 1 aromatic heterocycles. The molecule has 0 spiro atoms. The number of aryl methyl sites for hydroxylation is 1. The number of carbonyl (C=O) groups is 2. The van der Waals surface area contributed by atoms with E-state index >= 15 is 35.1 Å². The summed E-state index contributed by atoms with van der Waals surface area (Å²) < 4.78 is 301. The number of hydrogen-bond donors (Lipinski definition) is 0. The van der Waals surface area contributed by atoms with E-state index in [0.29, 0.717) is 17.0 Å². The van der Waals surface area contributed by atoms with E-state index in [9.17, 15) is 62.3 Å². The van der Waals surface area contributed by atoms with Crippen LogP contribution in [0.25, 0.3) is 10.8 Å². The molecule has 0 N–H and O–H groups in total. The van der Waals surface area contributed by atoms with E-state index in [-0.39, 0.29) is 12.3 Å². The quantitative estimate of drug-likeness (QED) is 0.0212. The van der Waals surface area contributed by atoms with Crippen LogP contribution in [0.2, 0.25) is 0 Å². The van der Waals surface area contributed by atoms with Gasteiger partial charge in [0.15, 0.2) is 76.0 Å². The molecule has 0 amide bonds. The minimum Gasteiger partial charge on any atom is -0.419 e. The molecule has 0 atom stereocenters. The number of aromatic nitrogens is 1. The Labute approximate surface area is 400 Å². The Morgan fingerprint density at radius 2 is 0.730 bits per heavy atom. The molecule has 0 saturated carbocycles. The Kier molecular flexibility index (Phi) is 14.7. The van der Waals surface area contributed by atoms with Crippen LogP contribution >= 0.6 is 0 Å². The predicted molar refractivity (Wildman–Crippen MR) is 220 cm³/mol. The van der Waals surface area contributed by atoms with Crippen LogP contribution in [0, 0.1) is 123 Å². The Morgan fingerprint density at radius 1 is 0.405 bits per heavy atom. The molecule has 0 saturated heterocycles. The van der Waals surface area contributed by atoms with Crippen molar-refractivity contribution in [1.82, 2.24) is 0 Å². The summed E-state index contributed by atoms with van der Waals surface area (Å²) in [5.74, 6) is -71.5. The molecule has 0 aliphatic carbocycles. The average molecular weight is 1060 g/mol. The summed E-state index contributed by atoms with van der Waals surface area (Å²) in [5, 5.41) is 1.65. The van der Waals surface area contributed by atoms with E-state index in [2.05, 4.69) is 0 Å². The molecule has 25 heteroatoms. The minimum absolute atomic E-state index is 0.0488. The number of fused-ring (bicyclic) bond motifs is 1. The molecule has 0 radical (unpaired) electrons. The molecule has 0 aliphatic rings. The van der Waals surface area contributed by atoms with E-state index < -0.39 is 150 Å². The normalized spacial score (nSPS) is 11.5. The number of rotatable bonds is 9. The van der Waals surface area contributed by atoms with Gasteiger partial charge in [0.1, 0.15) is 58.4 Å². The summed E-state index contributed by atoms with van der Waals surface area (Å²) in [6, 6.07) is 25.8. The van der Waals surface area contributed by atoms with Gasteiger partial charge in [-0.2, -0.15) is 4.57 Å². The zero-order valence-corrected chi connectivity index (χ0v) is 36.2. The zero-order chi connectivity index (χ0) is 54.6. The molecule has 7 aromatic carbocycles. The summed E-state index contributed by atoms with van der Waals surface area (Å²) >= 11 is 0. The third-order valence-electron chi connectivity index (χ3n) is 11.5. The number of nitrogens with zero attached hydrogens (tertiary/aromatic N) is 1. The van der Waals surface area contributed by atoms with Gasteiger partial charge in [-0.25, -0.2) is 92.6 Å². The molecule has 4 nitrogen and oxygen atoms in total. The number of ketones is 1. The van der Waals surface area contributed by atoms with Crippen LogP contribution in [-0.4, -0.2) is 17.9 Å². The number of pyridine rings is 1. The Morgan fingerprint density at radius 3 is 1.09 bits per heavy atom. The molecule has 382 valence electrons. The van der Waals surface area contributed by atoms with Crippen molar-refractivity contribution >= 4 is 50.5 Å². The molecule has 0 unspecified atom stereocenters. The fourth-order valence-electron chi connectivity index (χ4n) is 8.12. The SMILES string of the molecule is Cc1ccc(OC(=O)c2c3ccccc3cc[n+]2CC(=O)c2ccccc2)cc1.Fc1c(F)c(F)c([B-](c2c(F)c(F)c(F)c(F)c2F)(c2c(F)c(F)c(F)c(F)c2F)c2c(F)c(F)c(F)c(F)c2F)c(F)c1F. The Bertz CT molecular complexity index is 3240. The maximum atomic E-state index is 15.4. The number of hydrogen-bond acceptors (Lipinski definition) is 3. The Balaban J connectivity index is 0.000000237. The van der Waals surface area contributed by atoms with Gasteiger partial charge in [0.05, 0.1) is 5.39 Å². The molecule has 8 rings (SSSR count). The van der Waals surface area contributed by atoms with Gasteiger partial charge in [-0.1, -0.05) is 66.2 Å². The molecule has 8 aromatic rings. The van der Waals surface area contributed by atoms with Gasteiger partial charge < -0.3 is 4.74 Å². The second-order valence-electron chi connectivity index (χ2n) is 15.7. The van der Waals surface area contributed by atoms with Gasteiger partial charge in [-0.15, -0.1) is 21.9 Å². The molecule has 0 aliphatic heterocycles. The first-order valence-electron chi connectivity index (χ1n) is 20.3. The third-order valence-corrected chi connectivity index (χ3v) is 11.5. The van der Waals surface area contributed by atoms with Crippen molar-refractivity contribution in [3.05, 3.63) is 224 Å². The summed E-state index contributed by atoms with van der Waals surface area (Å²) in [6.07, 6.45) is -5.46. The monoisotopic (exact) mass is 1060 g/mol. The van der Waals surface area contributed by atoms with Gasteiger partial charge >= 0.3 is 5.97 Å². The second-order valence-corrected chi connectivity index (χ2v) is 15.7. The van der Waals surface area contributed by atoms with Crippen molar-refractivity contribution in [2.75, 3.05) is 0 Å². The first-order valence-corrected chi connectivity index (χ1v) is 20.3. The number of Topliss-reactive ketones (excluding diaryl/α,β-unsaturated/α-hetero) is 1. The number of carbonyl (C=O) groups excluding carboxylic acids is 2. The molecule has 74 heavy (non-hydrogen) atoms. The van der Waals surface area contributed by atoms with E-state index in [1.165, 1.54) is 0 Å². The molecule has 0 bridgehead atoms. The lowest BCUT2D eigenvalue weighted by Gasteiger charge is -2.44. The van der Waals surface area contributed by atoms with Gasteiger partial charge in [-0.05, 0) is 30.5 Å². The smallest absolute Gasteiger partial charge is 0.409 e. The minimum atomic E-state index is -7.22. The lowest BCUT2D eigenvalue weighted by Crippen LogP contribution is -2.81. The van der Waals surface area contributed by atoms with Gasteiger partial charge in [-0.3, -0.25) is 4.79 Å². The summed E-state index contributed by atoms with van der Waals surface area (Å²) in [7, 11) is 0. The van der Waals surface area contributed by atoms with Crippen molar-refractivity contribution in [2.45, 2.75) is 13.5 Å². The summed E-state index contributed by atoms with van der Waals surface area (Å²) in [6.45, 7) is 2.02. The van der Waals surface area contributed by atoms with Crippen molar-refractivity contribution in [3.63, 3.8) is 0 Å². The van der Waals surface area contributed by atoms with E-state index in [1.54, 1.807) is 35.0 Å². The van der Waals surface area contributed by atoms with Gasteiger partial charge in [0.25, 0.3) is 5.69 Å². The lowest BCUT2D eigenvalue weighted by atomic mass is 9.12. The number of benzene rings is 7. The highest BCUT2D eigenvalue weighted by Crippen LogP contribution is 2.31. The number of esters is 1. The highest BCUT2D eigenvalue weighted by atomic mass is 19.2. The molecular weight excluding hydrogens is 1040 g/mol.